The summed E-state index contributed by atoms with van der Waals surface area (Å²) in [5, 5.41) is 31.1. The lowest BCUT2D eigenvalue weighted by Gasteiger charge is -2.70. The largest absolute Gasteiger partial charge is 0.481 e. The Kier molecular flexibility index (Phi) is 7.54. The topological polar surface area (TPSA) is 138 Å². The lowest BCUT2D eigenvalue weighted by Crippen LogP contribution is -2.65. The third-order valence-electron chi connectivity index (χ3n) is 15.0. The summed E-state index contributed by atoms with van der Waals surface area (Å²) in [6.07, 6.45) is 5.17. The Labute approximate surface area is 262 Å². The number of esters is 1. The molecular formula is C36H54O8. The highest BCUT2D eigenvalue weighted by atomic mass is 16.5. The fourth-order valence-corrected chi connectivity index (χ4v) is 12.6. The number of aliphatic carboxylic acids is 3. The zero-order valence-electron chi connectivity index (χ0n) is 28.0. The number of hydrogen-bond acceptors (Lipinski definition) is 5. The van der Waals surface area contributed by atoms with Crippen LogP contribution in [0.4, 0.5) is 0 Å². The Morgan fingerprint density at radius 2 is 1.48 bits per heavy atom. The quantitative estimate of drug-likeness (QED) is 0.205. The van der Waals surface area contributed by atoms with Crippen molar-refractivity contribution in [3.8, 4) is 0 Å². The van der Waals surface area contributed by atoms with Crippen LogP contribution < -0.4 is 0 Å². The third-order valence-corrected chi connectivity index (χ3v) is 15.0. The van der Waals surface area contributed by atoms with E-state index in [9.17, 15) is 34.5 Å². The number of rotatable bonds is 7. The summed E-state index contributed by atoms with van der Waals surface area (Å²) < 4.78 is 6.07. The highest BCUT2D eigenvalue weighted by molar-refractivity contribution is 5.82. The molecule has 246 valence electrons. The first-order valence-corrected chi connectivity index (χ1v) is 16.7. The van der Waals surface area contributed by atoms with Crippen molar-refractivity contribution in [2.24, 2.45) is 68.0 Å². The number of fused-ring (bicyclic) bond motifs is 7. The predicted molar refractivity (Wildman–Crippen MR) is 164 cm³/mol. The summed E-state index contributed by atoms with van der Waals surface area (Å²) in [6, 6.07) is 0. The lowest BCUT2D eigenvalue weighted by molar-refractivity contribution is -0.228. The van der Waals surface area contributed by atoms with E-state index < -0.39 is 57.6 Å². The SMILES string of the molecule is C=C(C)C1CC[C@]2(C(=O)O)CC[C@]3(C)C(CC[C@@H]4[C@@]5(C)[C@@H](C(=O)O)[C@H](OC(=O)CC(C)(C)C(=O)O)C(C)(C)[C@@H]5CC[C@]43C)C12. The first-order valence-electron chi connectivity index (χ1n) is 16.7. The average molecular weight is 615 g/mol. The number of ether oxygens (including phenoxy) is 1. The van der Waals surface area contributed by atoms with E-state index in [4.69, 9.17) is 4.74 Å². The van der Waals surface area contributed by atoms with Gasteiger partial charge in [0.05, 0.1) is 17.3 Å². The highest BCUT2D eigenvalue weighted by Crippen LogP contribution is 2.79. The second kappa shape index (κ2) is 10.1. The number of carboxylic acid groups (broad SMARTS) is 3. The summed E-state index contributed by atoms with van der Waals surface area (Å²) in [6.45, 7) is 20.2. The maximum atomic E-state index is 13.3. The molecule has 0 amide bonds. The van der Waals surface area contributed by atoms with E-state index in [-0.39, 0.29) is 46.8 Å². The van der Waals surface area contributed by atoms with Crippen molar-refractivity contribution in [1.29, 1.82) is 0 Å². The number of allylic oxidation sites excluding steroid dienone is 1. The Hall–Kier alpha value is -2.38. The van der Waals surface area contributed by atoms with Gasteiger partial charge in [0.15, 0.2) is 0 Å². The number of carbonyl (C=O) groups is 4. The molecule has 0 aromatic rings. The molecule has 0 saturated heterocycles. The first kappa shape index (κ1) is 33.0. The van der Waals surface area contributed by atoms with Gasteiger partial charge in [0.2, 0.25) is 0 Å². The van der Waals surface area contributed by atoms with Crippen molar-refractivity contribution in [3.05, 3.63) is 12.2 Å². The van der Waals surface area contributed by atoms with Crippen molar-refractivity contribution in [2.75, 3.05) is 0 Å². The van der Waals surface area contributed by atoms with Gasteiger partial charge in [0.1, 0.15) is 12.0 Å². The van der Waals surface area contributed by atoms with Crippen molar-refractivity contribution < 1.29 is 39.2 Å². The summed E-state index contributed by atoms with van der Waals surface area (Å²) in [5.41, 5.74) is -2.64. The van der Waals surface area contributed by atoms with Gasteiger partial charge in [-0.05, 0) is 118 Å². The van der Waals surface area contributed by atoms with Crippen molar-refractivity contribution in [1.82, 2.24) is 0 Å². The molecule has 0 aromatic heterocycles. The third kappa shape index (κ3) is 4.13. The Morgan fingerprint density at radius 3 is 2.02 bits per heavy atom. The van der Waals surface area contributed by atoms with E-state index in [0.717, 1.165) is 44.1 Å². The molecule has 5 saturated carbocycles. The minimum atomic E-state index is -1.32. The zero-order valence-corrected chi connectivity index (χ0v) is 28.0. The summed E-state index contributed by atoms with van der Waals surface area (Å²) >= 11 is 0. The van der Waals surface area contributed by atoms with Crippen LogP contribution in [0.1, 0.15) is 113 Å². The van der Waals surface area contributed by atoms with Crippen molar-refractivity contribution >= 4 is 23.9 Å². The molecule has 5 rings (SSSR count). The standard InChI is InChI=1S/C36H54O8/c1-19(2)20-12-15-36(30(42)43)17-16-33(7)21(25(20)36)10-11-23-34(33,8)14-13-22-32(5,6)27(26(28(38)39)35(22,23)9)44-24(37)18-31(3,4)29(40)41/h20-23,25-27H,1,10-18H2,2-9H3,(H,38,39)(H,40,41)(H,42,43)/t20?,21?,22-,23-,25?,26+,27-,33+,34+,35-,36-/m0/s1. The first-order chi connectivity index (χ1) is 20.1. The van der Waals surface area contributed by atoms with Gasteiger partial charge in [-0.25, -0.2) is 0 Å². The molecular weight excluding hydrogens is 560 g/mol. The van der Waals surface area contributed by atoms with Crippen LogP contribution in [-0.4, -0.2) is 45.3 Å². The van der Waals surface area contributed by atoms with E-state index in [1.54, 1.807) is 0 Å². The van der Waals surface area contributed by atoms with Crippen molar-refractivity contribution in [2.45, 2.75) is 119 Å². The minimum absolute atomic E-state index is 0.00374. The molecule has 11 atom stereocenters. The fourth-order valence-electron chi connectivity index (χ4n) is 12.6. The molecule has 0 aromatic carbocycles. The fraction of sp³-hybridized carbons (Fsp3) is 0.833. The predicted octanol–water partition coefficient (Wildman–Crippen LogP) is 7.06. The molecule has 8 heteroatoms. The van der Waals surface area contributed by atoms with Gasteiger partial charge in [-0.3, -0.25) is 19.2 Å². The second-order valence-electron chi connectivity index (χ2n) is 17.4. The normalized spacial score (nSPS) is 45.7. The summed E-state index contributed by atoms with van der Waals surface area (Å²) in [7, 11) is 0. The lowest BCUT2D eigenvalue weighted by atomic mass is 9.34. The highest BCUT2D eigenvalue weighted by Gasteiger charge is 2.76. The molecule has 3 unspecified atom stereocenters. The number of hydrogen-bond donors (Lipinski definition) is 3. The van der Waals surface area contributed by atoms with Gasteiger partial charge < -0.3 is 20.1 Å². The maximum absolute atomic E-state index is 13.3. The maximum Gasteiger partial charge on any atom is 0.310 e. The molecule has 0 heterocycles. The molecule has 0 radical (unpaired) electrons. The van der Waals surface area contributed by atoms with Crippen LogP contribution in [0.2, 0.25) is 0 Å². The molecule has 3 N–H and O–H groups in total. The summed E-state index contributed by atoms with van der Waals surface area (Å²) in [4.78, 5) is 51.2. The van der Waals surface area contributed by atoms with Crippen LogP contribution >= 0.6 is 0 Å². The van der Waals surface area contributed by atoms with E-state index in [1.807, 2.05) is 20.8 Å². The molecule has 44 heavy (non-hydrogen) atoms. The molecule has 5 fully saturated rings. The zero-order chi connectivity index (χ0) is 33.0. The van der Waals surface area contributed by atoms with E-state index in [1.165, 1.54) is 13.8 Å². The van der Waals surface area contributed by atoms with Crippen LogP contribution in [0, 0.1) is 68.0 Å². The Balaban J connectivity index is 1.55. The Morgan fingerprint density at radius 1 is 0.841 bits per heavy atom. The molecule has 5 aliphatic rings. The Bertz CT molecular complexity index is 1280. The number of carbonyl (C=O) groups excluding carboxylic acids is 1. The molecule has 0 aliphatic heterocycles. The van der Waals surface area contributed by atoms with Crippen molar-refractivity contribution in [3.63, 3.8) is 0 Å². The van der Waals surface area contributed by atoms with E-state index in [2.05, 4.69) is 27.4 Å². The van der Waals surface area contributed by atoms with Crippen LogP contribution in [0.15, 0.2) is 12.2 Å². The van der Waals surface area contributed by atoms with E-state index in [0.29, 0.717) is 12.8 Å². The van der Waals surface area contributed by atoms with Crippen LogP contribution in [0.3, 0.4) is 0 Å². The summed E-state index contributed by atoms with van der Waals surface area (Å²) in [5.74, 6) is -3.88. The van der Waals surface area contributed by atoms with Gasteiger partial charge in [-0.15, -0.1) is 0 Å². The minimum Gasteiger partial charge on any atom is -0.481 e. The van der Waals surface area contributed by atoms with Crippen LogP contribution in [-0.2, 0) is 23.9 Å². The smallest absolute Gasteiger partial charge is 0.310 e. The van der Waals surface area contributed by atoms with Gasteiger partial charge in [0.25, 0.3) is 0 Å². The van der Waals surface area contributed by atoms with Gasteiger partial charge in [0, 0.05) is 5.41 Å². The average Bonchev–Trinajstić information content (AvgIpc) is 3.36. The molecule has 5 aliphatic carbocycles. The number of carboxylic acids is 3. The van der Waals surface area contributed by atoms with Crippen LogP contribution in [0.25, 0.3) is 0 Å². The second-order valence-corrected chi connectivity index (χ2v) is 17.4. The van der Waals surface area contributed by atoms with Gasteiger partial charge >= 0.3 is 23.9 Å². The van der Waals surface area contributed by atoms with Crippen LogP contribution in [0.5, 0.6) is 0 Å². The molecule has 8 nitrogen and oxygen atoms in total. The van der Waals surface area contributed by atoms with Gasteiger partial charge in [-0.2, -0.15) is 0 Å². The van der Waals surface area contributed by atoms with E-state index >= 15 is 0 Å². The monoisotopic (exact) mass is 614 g/mol. The molecule has 0 spiro atoms. The molecule has 0 bridgehead atoms. The van der Waals surface area contributed by atoms with Gasteiger partial charge in [-0.1, -0.05) is 46.8 Å².